The van der Waals surface area contributed by atoms with E-state index in [-0.39, 0.29) is 5.03 Å². The average Bonchev–Trinajstić information content (AvgIpc) is 2.39. The van der Waals surface area contributed by atoms with Crippen LogP contribution in [0.25, 0.3) is 6.08 Å². The van der Waals surface area contributed by atoms with Gasteiger partial charge in [-0.25, -0.2) is 4.98 Å². The summed E-state index contributed by atoms with van der Waals surface area (Å²) in [6.07, 6.45) is 6.04. The minimum absolute atomic E-state index is 0.0445. The Morgan fingerprint density at radius 2 is 2.06 bits per heavy atom. The molecule has 2 aromatic heterocycles. The maximum Gasteiger partial charge on any atom is 0.279 e. The molecule has 0 aromatic carbocycles. The molecule has 5 nitrogen and oxygen atoms in total. The highest BCUT2D eigenvalue weighted by Crippen LogP contribution is 2.13. The van der Waals surface area contributed by atoms with Crippen LogP contribution in [0.4, 0.5) is 5.69 Å². The van der Waals surface area contributed by atoms with Crippen LogP contribution in [0, 0.1) is 0 Å². The summed E-state index contributed by atoms with van der Waals surface area (Å²) in [6, 6.07) is 6.32. The molecule has 0 bridgehead atoms. The van der Waals surface area contributed by atoms with E-state index in [1.807, 2.05) is 0 Å². The molecule has 0 radical (unpaired) electrons. The summed E-state index contributed by atoms with van der Waals surface area (Å²) in [6.45, 7) is 3.58. The maximum atomic E-state index is 12.0. The zero-order chi connectivity index (χ0) is 13.0. The number of nitrogens with zero attached hydrogens (tertiary/aromatic N) is 2. The zero-order valence-electron chi connectivity index (χ0n) is 9.45. The van der Waals surface area contributed by atoms with Gasteiger partial charge in [-0.15, -0.1) is 0 Å². The molecule has 6 heteroatoms. The van der Waals surface area contributed by atoms with Crippen molar-refractivity contribution in [3.8, 4) is 0 Å². The molecule has 92 valence electrons. The van der Waals surface area contributed by atoms with Gasteiger partial charge in [-0.05, 0) is 23.8 Å². The van der Waals surface area contributed by atoms with Gasteiger partial charge in [-0.1, -0.05) is 18.7 Å². The van der Waals surface area contributed by atoms with Gasteiger partial charge in [-0.3, -0.25) is 9.71 Å². The van der Waals surface area contributed by atoms with E-state index in [2.05, 4.69) is 21.3 Å². The van der Waals surface area contributed by atoms with Crippen molar-refractivity contribution in [3.05, 3.63) is 55.0 Å². The van der Waals surface area contributed by atoms with Crippen molar-refractivity contribution in [1.82, 2.24) is 9.97 Å². The molecule has 0 unspecified atom stereocenters. The minimum Gasteiger partial charge on any atom is -0.277 e. The molecule has 18 heavy (non-hydrogen) atoms. The fourth-order valence-corrected chi connectivity index (χ4v) is 2.28. The van der Waals surface area contributed by atoms with Crippen LogP contribution in [0.2, 0.25) is 0 Å². The molecule has 0 fully saturated rings. The summed E-state index contributed by atoms with van der Waals surface area (Å²) in [5.74, 6) is 0. The largest absolute Gasteiger partial charge is 0.279 e. The van der Waals surface area contributed by atoms with Gasteiger partial charge in [0.2, 0.25) is 0 Å². The van der Waals surface area contributed by atoms with E-state index >= 15 is 0 Å². The Balaban J connectivity index is 2.28. The van der Waals surface area contributed by atoms with E-state index in [1.54, 1.807) is 30.5 Å². The molecule has 2 aromatic rings. The van der Waals surface area contributed by atoms with Gasteiger partial charge in [0.15, 0.2) is 5.03 Å². The average molecular weight is 261 g/mol. The molecule has 2 rings (SSSR count). The van der Waals surface area contributed by atoms with Crippen molar-refractivity contribution in [2.45, 2.75) is 5.03 Å². The number of aromatic nitrogens is 2. The number of anilines is 1. The summed E-state index contributed by atoms with van der Waals surface area (Å²) in [5.41, 5.74) is 1.16. The third-order valence-electron chi connectivity index (χ3n) is 2.18. The van der Waals surface area contributed by atoms with Crippen molar-refractivity contribution in [3.63, 3.8) is 0 Å². The highest BCUT2D eigenvalue weighted by molar-refractivity contribution is 7.92. The van der Waals surface area contributed by atoms with Crippen LogP contribution in [0.3, 0.4) is 0 Å². The Hall–Kier alpha value is -2.21. The summed E-state index contributed by atoms with van der Waals surface area (Å²) in [7, 11) is -3.67. The SMILES string of the molecule is C=Cc1ccc(S(=O)(=O)Nc2cccnc2)nc1. The van der Waals surface area contributed by atoms with Crippen LogP contribution in [-0.4, -0.2) is 18.4 Å². The first-order chi connectivity index (χ1) is 8.62. The highest BCUT2D eigenvalue weighted by Gasteiger charge is 2.15. The predicted molar refractivity (Wildman–Crippen MR) is 69.4 cm³/mol. The summed E-state index contributed by atoms with van der Waals surface area (Å²) >= 11 is 0. The second-order valence-electron chi connectivity index (χ2n) is 3.48. The normalized spacial score (nSPS) is 10.9. The number of nitrogens with one attached hydrogen (secondary N) is 1. The summed E-state index contributed by atoms with van der Waals surface area (Å²) in [4.78, 5) is 7.70. The van der Waals surface area contributed by atoms with E-state index in [1.165, 1.54) is 18.5 Å². The van der Waals surface area contributed by atoms with Crippen molar-refractivity contribution >= 4 is 21.8 Å². The Morgan fingerprint density at radius 3 is 2.61 bits per heavy atom. The molecule has 0 saturated heterocycles. The van der Waals surface area contributed by atoms with Crippen LogP contribution in [0.1, 0.15) is 5.56 Å². The first-order valence-electron chi connectivity index (χ1n) is 5.13. The van der Waals surface area contributed by atoms with Crippen LogP contribution in [0.15, 0.2) is 54.5 Å². The molecule has 1 N–H and O–H groups in total. The molecule has 0 saturated carbocycles. The van der Waals surface area contributed by atoms with Crippen molar-refractivity contribution in [2.24, 2.45) is 0 Å². The van der Waals surface area contributed by atoms with E-state index in [0.717, 1.165) is 5.56 Å². The third kappa shape index (κ3) is 2.72. The standard InChI is InChI=1S/C12H11N3O2S/c1-2-10-5-6-12(14-8-10)18(16,17)15-11-4-3-7-13-9-11/h2-9,15H,1H2. The smallest absolute Gasteiger partial charge is 0.277 e. The van der Waals surface area contributed by atoms with Gasteiger partial charge in [0.25, 0.3) is 10.0 Å². The van der Waals surface area contributed by atoms with Crippen molar-refractivity contribution in [1.29, 1.82) is 0 Å². The van der Waals surface area contributed by atoms with Gasteiger partial charge in [-0.2, -0.15) is 8.42 Å². The van der Waals surface area contributed by atoms with Gasteiger partial charge in [0.1, 0.15) is 0 Å². The third-order valence-corrected chi connectivity index (χ3v) is 3.48. The lowest BCUT2D eigenvalue weighted by Gasteiger charge is -2.06. The Labute approximate surface area is 105 Å². The van der Waals surface area contributed by atoms with Crippen LogP contribution < -0.4 is 4.72 Å². The summed E-state index contributed by atoms with van der Waals surface area (Å²) < 4.78 is 26.3. The number of sulfonamides is 1. The van der Waals surface area contributed by atoms with Gasteiger partial charge >= 0.3 is 0 Å². The van der Waals surface area contributed by atoms with E-state index in [0.29, 0.717) is 5.69 Å². The quantitative estimate of drug-likeness (QED) is 0.912. The van der Waals surface area contributed by atoms with Crippen LogP contribution in [0.5, 0.6) is 0 Å². The lowest BCUT2D eigenvalue weighted by molar-refractivity contribution is 0.597. The van der Waals surface area contributed by atoms with Crippen LogP contribution >= 0.6 is 0 Å². The van der Waals surface area contributed by atoms with Crippen molar-refractivity contribution in [2.75, 3.05) is 4.72 Å². The minimum atomic E-state index is -3.67. The Morgan fingerprint density at radius 1 is 1.22 bits per heavy atom. The van der Waals surface area contributed by atoms with Crippen molar-refractivity contribution < 1.29 is 8.42 Å². The zero-order valence-corrected chi connectivity index (χ0v) is 10.3. The van der Waals surface area contributed by atoms with E-state index in [4.69, 9.17) is 0 Å². The number of hydrogen-bond acceptors (Lipinski definition) is 4. The van der Waals surface area contributed by atoms with Gasteiger partial charge in [0, 0.05) is 12.4 Å². The molecule has 0 aliphatic heterocycles. The number of rotatable bonds is 4. The fraction of sp³-hybridized carbons (Fsp3) is 0. The molecule has 2 heterocycles. The molecule has 0 spiro atoms. The highest BCUT2D eigenvalue weighted by atomic mass is 32.2. The number of pyridine rings is 2. The second kappa shape index (κ2) is 4.97. The number of hydrogen-bond donors (Lipinski definition) is 1. The molecule has 0 aliphatic rings. The Kier molecular flexibility index (Phi) is 3.38. The lowest BCUT2D eigenvalue weighted by atomic mass is 10.3. The fourth-order valence-electron chi connectivity index (χ4n) is 1.30. The lowest BCUT2D eigenvalue weighted by Crippen LogP contribution is -2.14. The first kappa shape index (κ1) is 12.3. The Bertz CT molecular complexity index is 637. The van der Waals surface area contributed by atoms with E-state index < -0.39 is 10.0 Å². The molecular formula is C12H11N3O2S. The van der Waals surface area contributed by atoms with Gasteiger partial charge in [0.05, 0.1) is 11.9 Å². The summed E-state index contributed by atoms with van der Waals surface area (Å²) in [5, 5.41) is -0.0445. The first-order valence-corrected chi connectivity index (χ1v) is 6.61. The predicted octanol–water partition coefficient (Wildman–Crippen LogP) is 1.92. The maximum absolute atomic E-state index is 12.0. The van der Waals surface area contributed by atoms with Gasteiger partial charge < -0.3 is 0 Å². The molecule has 0 amide bonds. The topological polar surface area (TPSA) is 72.0 Å². The molecule has 0 aliphatic carbocycles. The monoisotopic (exact) mass is 261 g/mol. The van der Waals surface area contributed by atoms with E-state index in [9.17, 15) is 8.42 Å². The molecular weight excluding hydrogens is 250 g/mol. The molecule has 0 atom stereocenters. The second-order valence-corrected chi connectivity index (χ2v) is 5.11. The van der Waals surface area contributed by atoms with Crippen LogP contribution in [-0.2, 0) is 10.0 Å².